The van der Waals surface area contributed by atoms with E-state index in [4.69, 9.17) is 0 Å². The van der Waals surface area contributed by atoms with E-state index in [1.165, 1.54) is 11.0 Å². The minimum Gasteiger partial charge on any atom is -0.354 e. The third-order valence-electron chi connectivity index (χ3n) is 4.44. The quantitative estimate of drug-likeness (QED) is 0.532. The van der Waals surface area contributed by atoms with Crippen LogP contribution in [0.1, 0.15) is 31.4 Å². The molecular weight excluding hydrogens is 358 g/mol. The molecule has 1 atom stereocenters. The van der Waals surface area contributed by atoms with Crippen LogP contribution < -0.4 is 5.32 Å². The highest BCUT2D eigenvalue weighted by molar-refractivity contribution is 5.88. The van der Waals surface area contributed by atoms with E-state index in [0.29, 0.717) is 12.1 Å². The summed E-state index contributed by atoms with van der Waals surface area (Å²) in [5.41, 5.74) is 1.11. The number of benzene rings is 2. The van der Waals surface area contributed by atoms with Gasteiger partial charge in [0, 0.05) is 24.7 Å². The fourth-order valence-electron chi connectivity index (χ4n) is 2.86. The Morgan fingerprint density at radius 3 is 2.39 bits per heavy atom. The minimum atomic E-state index is -0.693. The van der Waals surface area contributed by atoms with Gasteiger partial charge in [0.05, 0.1) is 11.3 Å². The zero-order valence-electron chi connectivity index (χ0n) is 16.1. The van der Waals surface area contributed by atoms with Gasteiger partial charge in [-0.05, 0) is 18.9 Å². The molecule has 0 heterocycles. The fraction of sp³-hybridized carbons (Fsp3) is 0.333. The number of carbonyl (C=O) groups excluding carboxylic acids is 2. The molecule has 0 saturated heterocycles. The second kappa shape index (κ2) is 10.2. The first-order valence-corrected chi connectivity index (χ1v) is 9.27. The molecule has 0 aliphatic carbocycles. The zero-order valence-corrected chi connectivity index (χ0v) is 16.1. The molecule has 28 heavy (non-hydrogen) atoms. The van der Waals surface area contributed by atoms with Crippen LogP contribution in [0.5, 0.6) is 0 Å². The number of nitrogens with zero attached hydrogens (tertiary/aromatic N) is 2. The number of hydrogen-bond acceptors (Lipinski definition) is 4. The fourth-order valence-corrected chi connectivity index (χ4v) is 2.86. The minimum absolute atomic E-state index is 0.0985. The molecule has 0 saturated carbocycles. The highest BCUT2D eigenvalue weighted by atomic mass is 16.6. The molecule has 7 heteroatoms. The maximum atomic E-state index is 13.0. The van der Waals surface area contributed by atoms with Crippen molar-refractivity contribution in [2.45, 2.75) is 39.3 Å². The summed E-state index contributed by atoms with van der Waals surface area (Å²) in [6.07, 6.45) is 0.649. The van der Waals surface area contributed by atoms with Crippen LogP contribution in [0.3, 0.4) is 0 Å². The lowest BCUT2D eigenvalue weighted by Gasteiger charge is -2.29. The number of rotatable bonds is 9. The molecule has 2 aromatic carbocycles. The molecule has 0 unspecified atom stereocenters. The Bertz CT molecular complexity index is 823. The number of para-hydroxylation sites is 1. The normalized spacial score (nSPS) is 11.5. The Hall–Kier alpha value is -3.22. The van der Waals surface area contributed by atoms with E-state index in [1.54, 1.807) is 25.1 Å². The van der Waals surface area contributed by atoms with Crippen LogP contribution in [0.2, 0.25) is 0 Å². The van der Waals surface area contributed by atoms with Gasteiger partial charge in [-0.25, -0.2) is 0 Å². The largest absolute Gasteiger partial charge is 0.354 e. The average Bonchev–Trinajstić information content (AvgIpc) is 2.70. The molecule has 0 aliphatic heterocycles. The zero-order chi connectivity index (χ0) is 20.5. The summed E-state index contributed by atoms with van der Waals surface area (Å²) in [7, 11) is 0. The van der Waals surface area contributed by atoms with Crippen molar-refractivity contribution in [1.82, 2.24) is 10.2 Å². The Kier molecular flexibility index (Phi) is 7.68. The lowest BCUT2D eigenvalue weighted by molar-refractivity contribution is -0.385. The van der Waals surface area contributed by atoms with Crippen LogP contribution >= 0.6 is 0 Å². The molecule has 0 spiro atoms. The van der Waals surface area contributed by atoms with Gasteiger partial charge in [0.2, 0.25) is 11.8 Å². The van der Waals surface area contributed by atoms with E-state index < -0.39 is 11.0 Å². The maximum Gasteiger partial charge on any atom is 0.273 e. The summed E-state index contributed by atoms with van der Waals surface area (Å²) < 4.78 is 0. The van der Waals surface area contributed by atoms with E-state index >= 15 is 0 Å². The van der Waals surface area contributed by atoms with Crippen LogP contribution in [0.15, 0.2) is 54.6 Å². The highest BCUT2D eigenvalue weighted by Crippen LogP contribution is 2.20. The Morgan fingerprint density at radius 2 is 1.75 bits per heavy atom. The molecule has 148 valence electrons. The molecule has 2 rings (SSSR count). The van der Waals surface area contributed by atoms with Crippen molar-refractivity contribution < 1.29 is 14.5 Å². The summed E-state index contributed by atoms with van der Waals surface area (Å²) in [5.74, 6) is -0.578. The molecule has 7 nitrogen and oxygen atoms in total. The molecule has 2 aromatic rings. The van der Waals surface area contributed by atoms with Crippen molar-refractivity contribution in [1.29, 1.82) is 0 Å². The third-order valence-corrected chi connectivity index (χ3v) is 4.44. The number of nitro groups is 1. The molecule has 0 aromatic heterocycles. The van der Waals surface area contributed by atoms with Crippen molar-refractivity contribution in [3.05, 3.63) is 75.8 Å². The van der Waals surface area contributed by atoms with Gasteiger partial charge < -0.3 is 10.2 Å². The summed E-state index contributed by atoms with van der Waals surface area (Å²) in [6, 6.07) is 14.8. The third kappa shape index (κ3) is 5.64. The predicted octanol–water partition coefficient (Wildman–Crippen LogP) is 3.08. The number of nitrogens with one attached hydrogen (secondary N) is 1. The first kappa shape index (κ1) is 21.1. The van der Waals surface area contributed by atoms with Gasteiger partial charge in [0.15, 0.2) is 0 Å². The van der Waals surface area contributed by atoms with Crippen molar-refractivity contribution in [3.63, 3.8) is 0 Å². The van der Waals surface area contributed by atoms with Crippen LogP contribution in [-0.4, -0.2) is 34.2 Å². The number of amides is 2. The lowest BCUT2D eigenvalue weighted by atomic mass is 10.1. The molecule has 0 radical (unpaired) electrons. The van der Waals surface area contributed by atoms with E-state index in [1.807, 2.05) is 37.3 Å². The van der Waals surface area contributed by atoms with Gasteiger partial charge in [-0.3, -0.25) is 19.7 Å². The first-order chi connectivity index (χ1) is 13.4. The van der Waals surface area contributed by atoms with Crippen LogP contribution in [0, 0.1) is 10.1 Å². The molecule has 1 N–H and O–H groups in total. The Labute approximate surface area is 164 Å². The first-order valence-electron chi connectivity index (χ1n) is 9.27. The van der Waals surface area contributed by atoms with Gasteiger partial charge in [0.25, 0.3) is 5.69 Å². The average molecular weight is 383 g/mol. The highest BCUT2D eigenvalue weighted by Gasteiger charge is 2.27. The number of carbonyl (C=O) groups is 2. The molecule has 0 aliphatic rings. The predicted molar refractivity (Wildman–Crippen MR) is 107 cm³/mol. The summed E-state index contributed by atoms with van der Waals surface area (Å²) in [6.45, 7) is 4.40. The Balaban J connectivity index is 2.26. The van der Waals surface area contributed by atoms with Gasteiger partial charge in [-0.15, -0.1) is 0 Å². The second-order valence-electron chi connectivity index (χ2n) is 6.54. The lowest BCUT2D eigenvalue weighted by Crippen LogP contribution is -2.48. The molecule has 2 amide bonds. The molecular formula is C21H25N3O4. The SMILES string of the molecule is CCCNC(=O)[C@H](C)N(Cc1ccccc1)C(=O)Cc1ccccc1[N+](=O)[O-]. The van der Waals surface area contributed by atoms with Crippen molar-refractivity contribution in [2.75, 3.05) is 6.54 Å². The summed E-state index contributed by atoms with van der Waals surface area (Å²) in [5, 5.41) is 14.0. The van der Waals surface area contributed by atoms with Gasteiger partial charge in [-0.1, -0.05) is 55.5 Å². The van der Waals surface area contributed by atoms with Gasteiger partial charge in [-0.2, -0.15) is 0 Å². The van der Waals surface area contributed by atoms with E-state index in [9.17, 15) is 19.7 Å². The monoisotopic (exact) mass is 383 g/mol. The smallest absolute Gasteiger partial charge is 0.273 e. The number of nitro benzene ring substituents is 1. The topological polar surface area (TPSA) is 92.6 Å². The number of hydrogen-bond donors (Lipinski definition) is 1. The van der Waals surface area contributed by atoms with Crippen molar-refractivity contribution in [2.24, 2.45) is 0 Å². The van der Waals surface area contributed by atoms with E-state index in [-0.39, 0.29) is 30.5 Å². The van der Waals surface area contributed by atoms with E-state index in [2.05, 4.69) is 5.32 Å². The van der Waals surface area contributed by atoms with Crippen LogP contribution in [-0.2, 0) is 22.6 Å². The molecule has 0 bridgehead atoms. The van der Waals surface area contributed by atoms with Crippen molar-refractivity contribution in [3.8, 4) is 0 Å². The molecule has 0 fully saturated rings. The summed E-state index contributed by atoms with van der Waals surface area (Å²) >= 11 is 0. The van der Waals surface area contributed by atoms with E-state index in [0.717, 1.165) is 12.0 Å². The van der Waals surface area contributed by atoms with Crippen molar-refractivity contribution >= 4 is 17.5 Å². The van der Waals surface area contributed by atoms with Crippen LogP contribution in [0.25, 0.3) is 0 Å². The summed E-state index contributed by atoms with van der Waals surface area (Å²) in [4.78, 5) is 37.7. The Morgan fingerprint density at radius 1 is 1.11 bits per heavy atom. The van der Waals surface area contributed by atoms with Gasteiger partial charge >= 0.3 is 0 Å². The van der Waals surface area contributed by atoms with Gasteiger partial charge in [0.1, 0.15) is 6.04 Å². The maximum absolute atomic E-state index is 13.0. The standard InChI is InChI=1S/C21H25N3O4/c1-3-13-22-21(26)16(2)23(15-17-9-5-4-6-10-17)20(25)14-18-11-7-8-12-19(18)24(27)28/h4-12,16H,3,13-15H2,1-2H3,(H,22,26)/t16-/m0/s1. The van der Waals surface area contributed by atoms with Crippen LogP contribution in [0.4, 0.5) is 5.69 Å². The second-order valence-corrected chi connectivity index (χ2v) is 6.54.